The predicted octanol–water partition coefficient (Wildman–Crippen LogP) is 3.22. The first-order valence-corrected chi connectivity index (χ1v) is 8.70. The van der Waals surface area contributed by atoms with E-state index in [2.05, 4.69) is 15.3 Å². The van der Waals surface area contributed by atoms with Crippen LogP contribution in [0.3, 0.4) is 0 Å². The zero-order chi connectivity index (χ0) is 19.4. The summed E-state index contributed by atoms with van der Waals surface area (Å²) in [6.45, 7) is 8.47. The molecule has 1 amide bonds. The lowest BCUT2D eigenvalue weighted by Crippen LogP contribution is -2.31. The fraction of sp³-hybridized carbons (Fsp3) is 0.368. The Bertz CT molecular complexity index is 931. The number of amides is 1. The Hall–Kier alpha value is -3.16. The van der Waals surface area contributed by atoms with Crippen molar-refractivity contribution in [3.63, 3.8) is 0 Å². The van der Waals surface area contributed by atoms with Crippen LogP contribution >= 0.6 is 0 Å². The molecule has 0 atom stereocenters. The molecular weight excluding hydrogens is 348 g/mol. The molecule has 0 saturated heterocycles. The van der Waals surface area contributed by atoms with Crippen LogP contribution in [-0.2, 0) is 13.2 Å². The Morgan fingerprint density at radius 2 is 1.96 bits per heavy atom. The molecule has 0 saturated carbocycles. The first-order chi connectivity index (χ1) is 13.0. The topological polar surface area (TPSA) is 94.5 Å². The van der Waals surface area contributed by atoms with Gasteiger partial charge in [-0.15, -0.1) is 0 Å². The Morgan fingerprint density at radius 3 is 2.67 bits per heavy atom. The number of carbonyl (C=O) groups excluding carboxylic acids is 1. The summed E-state index contributed by atoms with van der Waals surface area (Å²) in [5.41, 5.74) is 2.36. The average molecular weight is 370 g/mol. The highest BCUT2D eigenvalue weighted by molar-refractivity contribution is 5.92. The van der Waals surface area contributed by atoms with E-state index in [1.165, 1.54) is 0 Å². The van der Waals surface area contributed by atoms with Crippen molar-refractivity contribution in [1.29, 1.82) is 0 Å². The van der Waals surface area contributed by atoms with Crippen molar-refractivity contribution in [3.8, 4) is 5.75 Å². The second kappa shape index (κ2) is 8.03. The highest BCUT2D eigenvalue weighted by atomic mass is 16.5. The average Bonchev–Trinajstić information content (AvgIpc) is 3.29. The second-order valence-electron chi connectivity index (χ2n) is 6.29. The Labute approximate surface area is 157 Å². The van der Waals surface area contributed by atoms with Crippen LogP contribution in [0.25, 0.3) is 0 Å². The molecule has 0 spiro atoms. The quantitative estimate of drug-likeness (QED) is 0.630. The smallest absolute Gasteiger partial charge is 0.276 e. The van der Waals surface area contributed by atoms with Crippen molar-refractivity contribution in [2.75, 3.05) is 6.54 Å². The van der Waals surface area contributed by atoms with E-state index >= 15 is 0 Å². The number of hydrogen-bond acceptors (Lipinski definition) is 7. The number of benzene rings is 1. The molecule has 2 heterocycles. The maximum Gasteiger partial charge on any atom is 0.276 e. The van der Waals surface area contributed by atoms with E-state index in [-0.39, 0.29) is 24.8 Å². The molecule has 0 fully saturated rings. The minimum atomic E-state index is -0.262. The number of carbonyl (C=O) groups is 1. The van der Waals surface area contributed by atoms with Crippen molar-refractivity contribution in [1.82, 2.24) is 20.2 Å². The first kappa shape index (κ1) is 18.6. The minimum Gasteiger partial charge on any atom is -0.485 e. The fourth-order valence-electron chi connectivity index (χ4n) is 2.56. The summed E-state index contributed by atoms with van der Waals surface area (Å²) in [5, 5.41) is 7.69. The van der Waals surface area contributed by atoms with E-state index in [0.29, 0.717) is 24.0 Å². The van der Waals surface area contributed by atoms with Gasteiger partial charge in [-0.1, -0.05) is 22.4 Å². The van der Waals surface area contributed by atoms with Crippen LogP contribution in [0.2, 0.25) is 0 Å². The van der Waals surface area contributed by atoms with E-state index < -0.39 is 0 Å². The number of hydrogen-bond donors (Lipinski definition) is 0. The van der Waals surface area contributed by atoms with Crippen molar-refractivity contribution < 1.29 is 18.6 Å². The van der Waals surface area contributed by atoms with Crippen molar-refractivity contribution >= 4 is 5.91 Å². The number of ether oxygens (including phenoxy) is 1. The van der Waals surface area contributed by atoms with Crippen LogP contribution in [0.5, 0.6) is 5.75 Å². The molecule has 27 heavy (non-hydrogen) atoms. The molecule has 3 rings (SSSR count). The molecule has 1 aromatic carbocycles. The maximum absolute atomic E-state index is 12.6. The van der Waals surface area contributed by atoms with Gasteiger partial charge in [-0.25, -0.2) is 0 Å². The monoisotopic (exact) mass is 370 g/mol. The number of aromatic nitrogens is 3. The second-order valence-corrected chi connectivity index (χ2v) is 6.29. The van der Waals surface area contributed by atoms with Crippen molar-refractivity contribution in [2.24, 2.45) is 0 Å². The molecular formula is C19H22N4O4. The number of aryl methyl sites for hydroxylation is 3. The van der Waals surface area contributed by atoms with Gasteiger partial charge in [0.2, 0.25) is 5.89 Å². The van der Waals surface area contributed by atoms with Crippen LogP contribution in [0.1, 0.15) is 46.0 Å². The largest absolute Gasteiger partial charge is 0.485 e. The van der Waals surface area contributed by atoms with Gasteiger partial charge in [-0.3, -0.25) is 4.79 Å². The summed E-state index contributed by atoms with van der Waals surface area (Å²) < 4.78 is 16.0. The molecule has 0 unspecified atom stereocenters. The van der Waals surface area contributed by atoms with Gasteiger partial charge in [0.05, 0.1) is 6.54 Å². The lowest BCUT2D eigenvalue weighted by Gasteiger charge is -2.17. The summed E-state index contributed by atoms with van der Waals surface area (Å²) in [7, 11) is 0. The standard InChI is InChI=1S/C19H22N4O4/c1-5-23(10-18-20-14(4)26-22-18)19(24)16-9-15(27-21-16)11-25-17-8-12(2)6-7-13(17)3/h6-9H,5,10-11H2,1-4H3. The van der Waals surface area contributed by atoms with E-state index in [4.69, 9.17) is 13.8 Å². The lowest BCUT2D eigenvalue weighted by atomic mass is 10.1. The van der Waals surface area contributed by atoms with Crippen LogP contribution in [0.15, 0.2) is 33.3 Å². The third-order valence-corrected chi connectivity index (χ3v) is 4.06. The molecule has 142 valence electrons. The molecule has 3 aromatic rings. The minimum absolute atomic E-state index is 0.195. The van der Waals surface area contributed by atoms with Gasteiger partial charge in [0.25, 0.3) is 5.91 Å². The Balaban J connectivity index is 1.64. The summed E-state index contributed by atoms with van der Waals surface area (Å²) in [4.78, 5) is 18.3. The molecule has 0 aliphatic carbocycles. The number of rotatable bonds is 7. The van der Waals surface area contributed by atoms with Crippen molar-refractivity contribution in [2.45, 2.75) is 40.8 Å². The zero-order valence-corrected chi connectivity index (χ0v) is 15.9. The molecule has 0 bridgehead atoms. The maximum atomic E-state index is 12.6. The van der Waals surface area contributed by atoms with Crippen LogP contribution in [0, 0.1) is 20.8 Å². The van der Waals surface area contributed by atoms with Crippen molar-refractivity contribution in [3.05, 3.63) is 58.6 Å². The summed E-state index contributed by atoms with van der Waals surface area (Å²) in [6, 6.07) is 7.58. The zero-order valence-electron chi connectivity index (χ0n) is 15.9. The van der Waals surface area contributed by atoms with E-state index in [1.807, 2.05) is 39.0 Å². The SMILES string of the molecule is CCN(Cc1noc(C)n1)C(=O)c1cc(COc2cc(C)ccc2C)on1. The van der Waals surface area contributed by atoms with Crippen LogP contribution < -0.4 is 4.74 Å². The van der Waals surface area contributed by atoms with Crippen LogP contribution in [-0.4, -0.2) is 32.6 Å². The Morgan fingerprint density at radius 1 is 1.15 bits per heavy atom. The molecule has 8 nitrogen and oxygen atoms in total. The van der Waals surface area contributed by atoms with Gasteiger partial charge in [0.15, 0.2) is 17.3 Å². The number of nitrogens with zero attached hydrogens (tertiary/aromatic N) is 4. The lowest BCUT2D eigenvalue weighted by molar-refractivity contribution is 0.0736. The van der Waals surface area contributed by atoms with Gasteiger partial charge in [-0.2, -0.15) is 4.98 Å². The third-order valence-electron chi connectivity index (χ3n) is 4.06. The highest BCUT2D eigenvalue weighted by Crippen LogP contribution is 2.21. The molecule has 0 aliphatic rings. The van der Waals surface area contributed by atoms with E-state index in [1.54, 1.807) is 17.9 Å². The van der Waals surface area contributed by atoms with Gasteiger partial charge in [0, 0.05) is 19.5 Å². The van der Waals surface area contributed by atoms with Gasteiger partial charge < -0.3 is 18.7 Å². The van der Waals surface area contributed by atoms with Gasteiger partial charge in [0.1, 0.15) is 12.4 Å². The van der Waals surface area contributed by atoms with E-state index in [9.17, 15) is 4.79 Å². The predicted molar refractivity (Wildman–Crippen MR) is 96.2 cm³/mol. The van der Waals surface area contributed by atoms with Gasteiger partial charge in [-0.05, 0) is 38.0 Å². The third kappa shape index (κ3) is 4.52. The molecule has 8 heteroatoms. The molecule has 0 N–H and O–H groups in total. The first-order valence-electron chi connectivity index (χ1n) is 8.70. The molecule has 0 aliphatic heterocycles. The normalized spacial score (nSPS) is 10.8. The summed E-state index contributed by atoms with van der Waals surface area (Å²) in [5.74, 6) is 1.90. The molecule has 0 radical (unpaired) electrons. The fourth-order valence-corrected chi connectivity index (χ4v) is 2.56. The molecule has 2 aromatic heterocycles. The van der Waals surface area contributed by atoms with Gasteiger partial charge >= 0.3 is 0 Å². The Kier molecular flexibility index (Phi) is 5.54. The summed E-state index contributed by atoms with van der Waals surface area (Å²) in [6.07, 6.45) is 0. The summed E-state index contributed by atoms with van der Waals surface area (Å²) >= 11 is 0. The van der Waals surface area contributed by atoms with Crippen LogP contribution in [0.4, 0.5) is 0 Å². The highest BCUT2D eigenvalue weighted by Gasteiger charge is 2.21. The van der Waals surface area contributed by atoms with E-state index in [0.717, 1.165) is 16.9 Å².